The van der Waals surface area contributed by atoms with Crippen LogP contribution in [-0.4, -0.2) is 47.5 Å². The predicted molar refractivity (Wildman–Crippen MR) is 136 cm³/mol. The van der Waals surface area contributed by atoms with E-state index in [1.54, 1.807) is 12.3 Å². The molecule has 38 heavy (non-hydrogen) atoms. The van der Waals surface area contributed by atoms with Crippen LogP contribution in [-0.2, 0) is 0 Å². The number of oxazole rings is 1. The summed E-state index contributed by atoms with van der Waals surface area (Å²) in [6.45, 7) is 1.76. The van der Waals surface area contributed by atoms with Gasteiger partial charge in [-0.3, -0.25) is 0 Å². The van der Waals surface area contributed by atoms with Crippen molar-refractivity contribution in [1.82, 2.24) is 15.3 Å². The van der Waals surface area contributed by atoms with Crippen LogP contribution >= 0.6 is 0 Å². The fourth-order valence-electron chi connectivity index (χ4n) is 5.34. The van der Waals surface area contributed by atoms with Crippen molar-refractivity contribution in [3.05, 3.63) is 54.5 Å². The number of alkyl halides is 3. The number of benzene rings is 1. The summed E-state index contributed by atoms with van der Waals surface area (Å²) in [7, 11) is 0. The molecule has 1 aliphatic heterocycles. The molecule has 0 radical (unpaired) electrons. The molecule has 2 aromatic heterocycles. The van der Waals surface area contributed by atoms with Gasteiger partial charge in [0.05, 0.1) is 11.8 Å². The van der Waals surface area contributed by atoms with Crippen LogP contribution in [0.4, 0.5) is 24.9 Å². The van der Waals surface area contributed by atoms with E-state index >= 15 is 0 Å². The largest absolute Gasteiger partial charge is 0.573 e. The number of piperidine rings is 1. The number of halogens is 3. The predicted octanol–water partition coefficient (Wildman–Crippen LogP) is 5.49. The summed E-state index contributed by atoms with van der Waals surface area (Å²) in [5.41, 5.74) is 1.59. The van der Waals surface area contributed by atoms with Gasteiger partial charge in [-0.05, 0) is 49.9 Å². The first-order chi connectivity index (χ1) is 18.4. The summed E-state index contributed by atoms with van der Waals surface area (Å²) in [4.78, 5) is 10.7. The molecule has 1 aromatic carbocycles. The summed E-state index contributed by atoms with van der Waals surface area (Å²) in [5.74, 6) is -0.137. The lowest BCUT2D eigenvalue weighted by Gasteiger charge is -2.40. The van der Waals surface area contributed by atoms with Crippen molar-refractivity contribution < 1.29 is 22.3 Å². The Balaban J connectivity index is 1.24. The molecule has 2 fully saturated rings. The molecule has 0 amide bonds. The molecule has 0 bridgehead atoms. The molecule has 5 rings (SSSR count). The molecular formula is C27H29F3N6O2. The average molecular weight is 527 g/mol. The minimum absolute atomic E-state index is 0.0680. The number of hydrogen-bond donors (Lipinski definition) is 2. The maximum atomic E-state index is 12.8. The zero-order valence-electron chi connectivity index (χ0n) is 20.7. The lowest BCUT2D eigenvalue weighted by Crippen LogP contribution is -2.54. The highest BCUT2D eigenvalue weighted by Crippen LogP contribution is 2.35. The zero-order chi connectivity index (χ0) is 26.5. The molecule has 200 valence electrons. The van der Waals surface area contributed by atoms with Crippen LogP contribution in [0, 0.1) is 11.3 Å². The first kappa shape index (κ1) is 25.9. The Morgan fingerprint density at radius 3 is 2.68 bits per heavy atom. The monoisotopic (exact) mass is 526 g/mol. The third kappa shape index (κ3) is 6.37. The highest BCUT2D eigenvalue weighted by Gasteiger charge is 2.33. The Labute approximate surface area is 218 Å². The van der Waals surface area contributed by atoms with Gasteiger partial charge in [-0.25, -0.2) is 9.97 Å². The Morgan fingerprint density at radius 2 is 1.87 bits per heavy atom. The molecule has 0 spiro atoms. The van der Waals surface area contributed by atoms with Gasteiger partial charge in [-0.2, -0.15) is 5.26 Å². The first-order valence-corrected chi connectivity index (χ1v) is 12.8. The summed E-state index contributed by atoms with van der Waals surface area (Å²) in [6.07, 6.45) is 4.47. The van der Waals surface area contributed by atoms with E-state index in [-0.39, 0.29) is 41.2 Å². The van der Waals surface area contributed by atoms with Gasteiger partial charge in [0, 0.05) is 43.1 Å². The number of hydrogen-bond acceptors (Lipinski definition) is 8. The van der Waals surface area contributed by atoms with E-state index in [0.29, 0.717) is 5.69 Å². The first-order valence-electron chi connectivity index (χ1n) is 12.8. The third-order valence-electron chi connectivity index (χ3n) is 7.05. The molecule has 8 nitrogen and oxygen atoms in total. The number of nitriles is 1. The SMILES string of the molecule is N#Cc1cc(N2CCC[C@H](N[C@@H]3CCCC[C@H]3Nc3ncc(-c4ccccc4OC(F)(F)F)o3)C2)ccn1. The van der Waals surface area contributed by atoms with E-state index in [1.165, 1.54) is 24.4 Å². The van der Waals surface area contributed by atoms with Crippen molar-refractivity contribution in [1.29, 1.82) is 5.26 Å². The van der Waals surface area contributed by atoms with Gasteiger partial charge < -0.3 is 24.7 Å². The highest BCUT2D eigenvalue weighted by atomic mass is 19.4. The van der Waals surface area contributed by atoms with Crippen LogP contribution in [0.1, 0.15) is 44.2 Å². The number of anilines is 2. The van der Waals surface area contributed by atoms with Crippen LogP contribution in [0.25, 0.3) is 11.3 Å². The number of pyridine rings is 1. The molecule has 2 aliphatic rings. The standard InChI is InChI=1S/C27H29F3N6O2/c28-27(29,30)38-24-10-4-1-7-21(24)25-16-33-26(37-25)35-23-9-3-2-8-22(23)34-18-6-5-13-36(17-18)20-11-12-32-19(14-20)15-31/h1,4,7,10-12,14,16,18,22-23,34H,2-3,5-6,8-9,13,17H2,(H,33,35)/t18-,22+,23+/m0/s1. The number of para-hydroxylation sites is 1. The van der Waals surface area contributed by atoms with E-state index in [2.05, 4.69) is 36.3 Å². The summed E-state index contributed by atoms with van der Waals surface area (Å²) in [6, 6.07) is 12.5. The molecule has 2 N–H and O–H groups in total. The second kappa shape index (κ2) is 11.3. The molecule has 0 unspecified atom stereocenters. The van der Waals surface area contributed by atoms with Crippen molar-refractivity contribution in [2.45, 2.75) is 63.0 Å². The van der Waals surface area contributed by atoms with Crippen molar-refractivity contribution in [2.75, 3.05) is 23.3 Å². The number of ether oxygens (including phenoxy) is 1. The minimum Gasteiger partial charge on any atom is -0.423 e. The Kier molecular flexibility index (Phi) is 7.69. The van der Waals surface area contributed by atoms with Gasteiger partial charge in [0.15, 0.2) is 5.76 Å². The fourth-order valence-corrected chi connectivity index (χ4v) is 5.34. The van der Waals surface area contributed by atoms with Crippen molar-refractivity contribution in [2.24, 2.45) is 0 Å². The molecular weight excluding hydrogens is 497 g/mol. The van der Waals surface area contributed by atoms with Crippen molar-refractivity contribution in [3.8, 4) is 23.1 Å². The maximum Gasteiger partial charge on any atom is 0.573 e. The van der Waals surface area contributed by atoms with Crippen LogP contribution in [0.3, 0.4) is 0 Å². The van der Waals surface area contributed by atoms with E-state index < -0.39 is 6.36 Å². The van der Waals surface area contributed by atoms with Gasteiger partial charge in [-0.15, -0.1) is 13.2 Å². The fraction of sp³-hybridized carbons (Fsp3) is 0.444. The Bertz CT molecular complexity index is 1270. The van der Waals surface area contributed by atoms with Gasteiger partial charge in [-0.1, -0.05) is 25.0 Å². The zero-order valence-corrected chi connectivity index (χ0v) is 20.7. The number of aromatic nitrogens is 2. The highest BCUT2D eigenvalue weighted by molar-refractivity contribution is 5.65. The van der Waals surface area contributed by atoms with Crippen LogP contribution < -0.4 is 20.3 Å². The third-order valence-corrected chi connectivity index (χ3v) is 7.05. The number of nitrogens with zero attached hydrogens (tertiary/aromatic N) is 4. The van der Waals surface area contributed by atoms with Gasteiger partial charge in [0.2, 0.25) is 0 Å². The number of nitrogens with one attached hydrogen (secondary N) is 2. The summed E-state index contributed by atoms with van der Waals surface area (Å²) >= 11 is 0. The van der Waals surface area contributed by atoms with E-state index in [9.17, 15) is 18.4 Å². The van der Waals surface area contributed by atoms with Gasteiger partial charge >= 0.3 is 6.36 Å². The Hall–Kier alpha value is -3.78. The molecule has 3 aromatic rings. The molecule has 1 saturated carbocycles. The van der Waals surface area contributed by atoms with Crippen molar-refractivity contribution in [3.63, 3.8) is 0 Å². The lowest BCUT2D eigenvalue weighted by molar-refractivity contribution is -0.274. The molecule has 3 heterocycles. The average Bonchev–Trinajstić information content (AvgIpc) is 3.38. The second-order valence-corrected chi connectivity index (χ2v) is 9.68. The molecule has 11 heteroatoms. The van der Waals surface area contributed by atoms with Gasteiger partial charge in [0.1, 0.15) is 17.5 Å². The van der Waals surface area contributed by atoms with Crippen molar-refractivity contribution >= 4 is 11.7 Å². The smallest absolute Gasteiger partial charge is 0.423 e. The van der Waals surface area contributed by atoms with Crippen LogP contribution in [0.5, 0.6) is 5.75 Å². The molecule has 1 saturated heterocycles. The van der Waals surface area contributed by atoms with E-state index in [1.807, 2.05) is 12.1 Å². The number of rotatable bonds is 7. The quantitative estimate of drug-likeness (QED) is 0.417. The molecule has 3 atom stereocenters. The van der Waals surface area contributed by atoms with E-state index in [4.69, 9.17) is 4.42 Å². The lowest BCUT2D eigenvalue weighted by atomic mass is 9.89. The topological polar surface area (TPSA) is 99.2 Å². The maximum absolute atomic E-state index is 12.8. The molecule has 1 aliphatic carbocycles. The van der Waals surface area contributed by atoms with Gasteiger partial charge in [0.25, 0.3) is 6.01 Å². The van der Waals surface area contributed by atoms with Crippen LogP contribution in [0.15, 0.2) is 53.2 Å². The minimum atomic E-state index is -4.80. The normalized spacial score (nSPS) is 22.1. The van der Waals surface area contributed by atoms with E-state index in [0.717, 1.165) is 57.3 Å². The second-order valence-electron chi connectivity index (χ2n) is 9.68. The Morgan fingerprint density at radius 1 is 1.05 bits per heavy atom. The summed E-state index contributed by atoms with van der Waals surface area (Å²) in [5, 5.41) is 16.4. The summed E-state index contributed by atoms with van der Waals surface area (Å²) < 4.78 is 48.5. The van der Waals surface area contributed by atoms with Crippen LogP contribution in [0.2, 0.25) is 0 Å².